The fourth-order valence-corrected chi connectivity index (χ4v) is 2.19. The average Bonchev–Trinajstić information content (AvgIpc) is 2.38. The Balaban J connectivity index is 1.68. The molecule has 1 fully saturated rings. The van der Waals surface area contributed by atoms with E-state index in [1.54, 1.807) is 18.2 Å². The molecular formula is C14H20N4O2. The van der Waals surface area contributed by atoms with Crippen LogP contribution in [0.4, 0.5) is 11.4 Å². The Bertz CT molecular complexity index is 490. The molecule has 4 N–H and O–H groups in total. The zero-order chi connectivity index (χ0) is 14.4. The van der Waals surface area contributed by atoms with E-state index in [4.69, 9.17) is 5.73 Å². The van der Waals surface area contributed by atoms with Gasteiger partial charge in [0.25, 0.3) is 0 Å². The van der Waals surface area contributed by atoms with E-state index in [1.807, 2.05) is 6.07 Å². The molecule has 108 valence electrons. The van der Waals surface area contributed by atoms with E-state index >= 15 is 0 Å². The van der Waals surface area contributed by atoms with E-state index in [2.05, 4.69) is 15.5 Å². The van der Waals surface area contributed by atoms with Crippen LogP contribution in [0, 0.1) is 0 Å². The lowest BCUT2D eigenvalue weighted by atomic mass is 10.2. The Morgan fingerprint density at radius 2 is 2.30 bits per heavy atom. The summed E-state index contributed by atoms with van der Waals surface area (Å²) in [4.78, 5) is 25.0. The van der Waals surface area contributed by atoms with Crippen molar-refractivity contribution in [1.82, 2.24) is 10.2 Å². The number of hydrogen-bond donors (Lipinski definition) is 3. The lowest BCUT2D eigenvalue weighted by Crippen LogP contribution is -2.47. The number of nitrogens with two attached hydrogens (primary N) is 1. The van der Waals surface area contributed by atoms with Gasteiger partial charge in [0.1, 0.15) is 0 Å². The number of anilines is 2. The molecule has 1 aliphatic rings. The molecule has 1 heterocycles. The third-order valence-corrected chi connectivity index (χ3v) is 3.17. The van der Waals surface area contributed by atoms with Gasteiger partial charge < -0.3 is 16.4 Å². The Morgan fingerprint density at radius 3 is 3.05 bits per heavy atom. The van der Waals surface area contributed by atoms with Crippen molar-refractivity contribution in [2.75, 3.05) is 37.2 Å². The van der Waals surface area contributed by atoms with E-state index in [0.717, 1.165) is 19.5 Å². The van der Waals surface area contributed by atoms with Gasteiger partial charge in [0.05, 0.1) is 6.54 Å². The Hall–Kier alpha value is -2.08. The molecule has 0 radical (unpaired) electrons. The Morgan fingerprint density at radius 1 is 1.45 bits per heavy atom. The molecule has 6 nitrogen and oxygen atoms in total. The number of amides is 2. The minimum Gasteiger partial charge on any atom is -0.399 e. The lowest BCUT2D eigenvalue weighted by Gasteiger charge is -2.26. The summed E-state index contributed by atoms with van der Waals surface area (Å²) >= 11 is 0. The number of nitrogens with one attached hydrogen (secondary N) is 2. The Labute approximate surface area is 118 Å². The van der Waals surface area contributed by atoms with Crippen molar-refractivity contribution in [3.63, 3.8) is 0 Å². The molecule has 2 rings (SSSR count). The minimum atomic E-state index is -0.0305. The molecule has 0 saturated carbocycles. The van der Waals surface area contributed by atoms with Gasteiger partial charge in [0.15, 0.2) is 0 Å². The summed E-state index contributed by atoms with van der Waals surface area (Å²) in [6.07, 6.45) is 1.17. The van der Waals surface area contributed by atoms with Crippen molar-refractivity contribution < 1.29 is 9.59 Å². The van der Waals surface area contributed by atoms with Crippen LogP contribution in [-0.4, -0.2) is 42.9 Å². The largest absolute Gasteiger partial charge is 0.399 e. The second kappa shape index (κ2) is 6.91. The number of carbonyl (C=O) groups is 2. The van der Waals surface area contributed by atoms with Crippen molar-refractivity contribution in [3.8, 4) is 0 Å². The van der Waals surface area contributed by atoms with Gasteiger partial charge in [-0.1, -0.05) is 6.07 Å². The summed E-state index contributed by atoms with van der Waals surface area (Å²) in [6.45, 7) is 2.73. The fraction of sp³-hybridized carbons (Fsp3) is 0.429. The molecule has 1 aliphatic heterocycles. The van der Waals surface area contributed by atoms with E-state index in [9.17, 15) is 9.59 Å². The molecule has 0 aliphatic carbocycles. The molecule has 0 atom stereocenters. The van der Waals surface area contributed by atoms with Gasteiger partial charge in [0.2, 0.25) is 11.8 Å². The normalized spacial score (nSPS) is 15.7. The summed E-state index contributed by atoms with van der Waals surface area (Å²) in [5.74, 6) is 0.0255. The predicted octanol–water partition coefficient (Wildman–Crippen LogP) is 0.419. The first kappa shape index (κ1) is 14.3. The molecule has 0 aromatic heterocycles. The molecule has 1 aromatic rings. The first-order chi connectivity index (χ1) is 9.63. The molecular weight excluding hydrogens is 256 g/mol. The van der Waals surface area contributed by atoms with Gasteiger partial charge in [-0.3, -0.25) is 14.5 Å². The fourth-order valence-electron chi connectivity index (χ4n) is 2.19. The topological polar surface area (TPSA) is 87.5 Å². The highest BCUT2D eigenvalue weighted by Gasteiger charge is 2.15. The number of nitrogen functional groups attached to an aromatic ring is 1. The smallest absolute Gasteiger partial charge is 0.234 e. The van der Waals surface area contributed by atoms with E-state index in [-0.39, 0.29) is 11.8 Å². The highest BCUT2D eigenvalue weighted by molar-refractivity contribution is 5.91. The van der Waals surface area contributed by atoms with Crippen LogP contribution in [0.3, 0.4) is 0 Å². The summed E-state index contributed by atoms with van der Waals surface area (Å²) in [7, 11) is 0. The van der Waals surface area contributed by atoms with Gasteiger partial charge in [-0.15, -0.1) is 0 Å². The van der Waals surface area contributed by atoms with Crippen molar-refractivity contribution >= 4 is 23.2 Å². The SMILES string of the molecule is Nc1cccc(NC(=O)CCCN2CCNC(=O)C2)c1. The van der Waals surface area contributed by atoms with Crippen molar-refractivity contribution in [3.05, 3.63) is 24.3 Å². The second-order valence-electron chi connectivity index (χ2n) is 4.90. The molecule has 1 aromatic carbocycles. The third-order valence-electron chi connectivity index (χ3n) is 3.17. The molecule has 0 spiro atoms. The zero-order valence-electron chi connectivity index (χ0n) is 11.4. The standard InChI is InChI=1S/C14H20N4O2/c15-11-3-1-4-12(9-11)17-13(19)5-2-7-18-8-6-16-14(20)10-18/h1,3-4,9H,2,5-8,10,15H2,(H,16,20)(H,17,19). The first-order valence-electron chi connectivity index (χ1n) is 6.78. The maximum atomic E-state index is 11.8. The molecule has 6 heteroatoms. The molecule has 1 saturated heterocycles. The van der Waals surface area contributed by atoms with Gasteiger partial charge in [-0.2, -0.15) is 0 Å². The van der Waals surface area contributed by atoms with Crippen LogP contribution in [0.2, 0.25) is 0 Å². The number of hydrogen-bond acceptors (Lipinski definition) is 4. The maximum absolute atomic E-state index is 11.8. The quantitative estimate of drug-likeness (QED) is 0.680. The molecule has 0 bridgehead atoms. The average molecular weight is 276 g/mol. The number of benzene rings is 1. The monoisotopic (exact) mass is 276 g/mol. The minimum absolute atomic E-state index is 0.0305. The summed E-state index contributed by atoms with van der Waals surface area (Å²) < 4.78 is 0. The van der Waals surface area contributed by atoms with Gasteiger partial charge in [-0.05, 0) is 31.2 Å². The first-order valence-corrected chi connectivity index (χ1v) is 6.78. The van der Waals surface area contributed by atoms with E-state index < -0.39 is 0 Å². The number of rotatable bonds is 5. The third kappa shape index (κ3) is 4.55. The van der Waals surface area contributed by atoms with Crippen molar-refractivity contribution in [1.29, 1.82) is 0 Å². The van der Waals surface area contributed by atoms with Crippen LogP contribution in [0.25, 0.3) is 0 Å². The van der Waals surface area contributed by atoms with Gasteiger partial charge in [0, 0.05) is 30.9 Å². The van der Waals surface area contributed by atoms with Crippen LogP contribution in [0.15, 0.2) is 24.3 Å². The van der Waals surface area contributed by atoms with E-state index in [0.29, 0.717) is 30.9 Å². The number of carbonyl (C=O) groups excluding carboxylic acids is 2. The van der Waals surface area contributed by atoms with Crippen molar-refractivity contribution in [2.45, 2.75) is 12.8 Å². The predicted molar refractivity (Wildman–Crippen MR) is 78.2 cm³/mol. The number of nitrogens with zero attached hydrogens (tertiary/aromatic N) is 1. The van der Waals surface area contributed by atoms with Gasteiger partial charge >= 0.3 is 0 Å². The Kier molecular flexibility index (Phi) is 4.95. The molecule has 20 heavy (non-hydrogen) atoms. The molecule has 2 amide bonds. The zero-order valence-corrected chi connectivity index (χ0v) is 11.4. The summed E-state index contributed by atoms with van der Waals surface area (Å²) in [6, 6.07) is 7.12. The van der Waals surface area contributed by atoms with Crippen LogP contribution in [-0.2, 0) is 9.59 Å². The van der Waals surface area contributed by atoms with E-state index in [1.165, 1.54) is 0 Å². The van der Waals surface area contributed by atoms with Crippen LogP contribution in [0.5, 0.6) is 0 Å². The summed E-state index contributed by atoms with van der Waals surface area (Å²) in [5, 5.41) is 5.59. The summed E-state index contributed by atoms with van der Waals surface area (Å²) in [5.41, 5.74) is 6.99. The van der Waals surface area contributed by atoms with Gasteiger partial charge in [-0.25, -0.2) is 0 Å². The number of piperazine rings is 1. The second-order valence-corrected chi connectivity index (χ2v) is 4.90. The highest BCUT2D eigenvalue weighted by Crippen LogP contribution is 2.12. The van der Waals surface area contributed by atoms with Crippen LogP contribution < -0.4 is 16.4 Å². The van der Waals surface area contributed by atoms with Crippen LogP contribution in [0.1, 0.15) is 12.8 Å². The lowest BCUT2D eigenvalue weighted by molar-refractivity contribution is -0.124. The maximum Gasteiger partial charge on any atom is 0.234 e. The highest BCUT2D eigenvalue weighted by atomic mass is 16.2. The van der Waals surface area contributed by atoms with Crippen molar-refractivity contribution in [2.24, 2.45) is 0 Å². The molecule has 0 unspecified atom stereocenters. The van der Waals surface area contributed by atoms with Crippen LogP contribution >= 0.6 is 0 Å².